The number of hydrogen-bond donors (Lipinski definition) is 1. The molecule has 0 unspecified atom stereocenters. The number of hydrogen-bond acceptors (Lipinski definition) is 6. The Bertz CT molecular complexity index is 927. The third-order valence-electron chi connectivity index (χ3n) is 3.67. The summed E-state index contributed by atoms with van der Waals surface area (Å²) >= 11 is 1.29. The van der Waals surface area contributed by atoms with E-state index in [1.165, 1.54) is 11.3 Å². The van der Waals surface area contributed by atoms with E-state index >= 15 is 0 Å². The van der Waals surface area contributed by atoms with Gasteiger partial charge in [0.15, 0.2) is 0 Å². The van der Waals surface area contributed by atoms with E-state index in [1.54, 1.807) is 24.3 Å². The summed E-state index contributed by atoms with van der Waals surface area (Å²) in [6.45, 7) is 6.04. The molecule has 0 atom stereocenters. The van der Waals surface area contributed by atoms with Crippen LogP contribution in [-0.2, 0) is 4.74 Å². The van der Waals surface area contributed by atoms with E-state index in [-0.39, 0.29) is 11.9 Å². The maximum atomic E-state index is 12.5. The first-order valence-corrected chi connectivity index (χ1v) is 8.72. The number of ether oxygens (including phenoxy) is 1. The molecule has 0 fully saturated rings. The van der Waals surface area contributed by atoms with Crippen molar-refractivity contribution in [3.05, 3.63) is 46.2 Å². The second-order valence-electron chi connectivity index (χ2n) is 5.55. The highest BCUT2D eigenvalue weighted by molar-refractivity contribution is 7.19. The van der Waals surface area contributed by atoms with Crippen LogP contribution in [0.25, 0.3) is 4.96 Å². The van der Waals surface area contributed by atoms with Gasteiger partial charge in [0, 0.05) is 11.4 Å². The van der Waals surface area contributed by atoms with E-state index in [1.807, 2.05) is 25.2 Å². The summed E-state index contributed by atoms with van der Waals surface area (Å²) in [4.78, 5) is 25.6. The summed E-state index contributed by atoms with van der Waals surface area (Å²) < 4.78 is 6.93. The number of esters is 1. The van der Waals surface area contributed by atoms with Gasteiger partial charge in [-0.2, -0.15) is 0 Å². The van der Waals surface area contributed by atoms with Crippen LogP contribution in [0.4, 0.5) is 5.69 Å². The fourth-order valence-electron chi connectivity index (χ4n) is 2.43. The largest absolute Gasteiger partial charge is 0.462 e. The van der Waals surface area contributed by atoms with Crippen molar-refractivity contribution >= 4 is 33.9 Å². The zero-order valence-electron chi connectivity index (χ0n) is 14.2. The Labute approximate surface area is 148 Å². The Morgan fingerprint density at radius 2 is 1.92 bits per heavy atom. The van der Waals surface area contributed by atoms with Gasteiger partial charge in [0.1, 0.15) is 10.7 Å². The lowest BCUT2D eigenvalue weighted by atomic mass is 10.2. The number of aryl methyl sites for hydroxylation is 2. The van der Waals surface area contributed by atoms with Crippen LogP contribution in [0.15, 0.2) is 24.3 Å². The monoisotopic (exact) mass is 358 g/mol. The van der Waals surface area contributed by atoms with E-state index in [0.717, 1.165) is 17.9 Å². The normalized spacial score (nSPS) is 10.8. The molecule has 0 radical (unpaired) electrons. The number of nitrogens with one attached hydrogen (secondary N) is 1. The summed E-state index contributed by atoms with van der Waals surface area (Å²) in [6, 6.07) is 6.63. The number of amides is 1. The summed E-state index contributed by atoms with van der Waals surface area (Å²) in [5, 5.41) is 10.9. The zero-order valence-corrected chi connectivity index (χ0v) is 15.0. The Morgan fingerprint density at radius 3 is 2.56 bits per heavy atom. The van der Waals surface area contributed by atoms with Gasteiger partial charge in [0.25, 0.3) is 5.91 Å². The minimum atomic E-state index is -0.363. The molecule has 0 bridgehead atoms. The van der Waals surface area contributed by atoms with Crippen LogP contribution in [0.1, 0.15) is 44.9 Å². The number of rotatable bonds is 5. The number of benzene rings is 1. The Kier molecular flexibility index (Phi) is 4.80. The lowest BCUT2D eigenvalue weighted by molar-refractivity contribution is 0.0505. The lowest BCUT2D eigenvalue weighted by Crippen LogP contribution is -2.12. The van der Waals surface area contributed by atoms with Gasteiger partial charge in [-0.15, -0.1) is 10.2 Å². The van der Waals surface area contributed by atoms with Crippen LogP contribution >= 0.6 is 11.3 Å². The summed E-state index contributed by atoms with van der Waals surface area (Å²) in [6.07, 6.45) is 0.776. The van der Waals surface area contributed by atoms with Gasteiger partial charge in [0.2, 0.25) is 4.96 Å². The zero-order chi connectivity index (χ0) is 18.0. The van der Waals surface area contributed by atoms with E-state index in [0.29, 0.717) is 27.7 Å². The smallest absolute Gasteiger partial charge is 0.338 e. The molecule has 0 aliphatic rings. The quantitative estimate of drug-likeness (QED) is 0.708. The third kappa shape index (κ3) is 3.39. The van der Waals surface area contributed by atoms with Crippen molar-refractivity contribution in [3.63, 3.8) is 0 Å². The van der Waals surface area contributed by atoms with Gasteiger partial charge in [0.05, 0.1) is 12.2 Å². The molecule has 1 aromatic carbocycles. The molecule has 25 heavy (non-hydrogen) atoms. The molecule has 2 aromatic heterocycles. The molecule has 0 aliphatic carbocycles. The maximum absolute atomic E-state index is 12.5. The predicted octanol–water partition coefficient (Wildman–Crippen LogP) is 3.23. The lowest BCUT2D eigenvalue weighted by Gasteiger charge is -2.06. The predicted molar refractivity (Wildman–Crippen MR) is 95.3 cm³/mol. The molecule has 2 heterocycles. The van der Waals surface area contributed by atoms with Crippen LogP contribution in [0.2, 0.25) is 0 Å². The van der Waals surface area contributed by atoms with Crippen molar-refractivity contribution in [3.8, 4) is 0 Å². The van der Waals surface area contributed by atoms with Crippen LogP contribution in [0.3, 0.4) is 0 Å². The second kappa shape index (κ2) is 7.02. The molecule has 0 saturated carbocycles. The van der Waals surface area contributed by atoms with E-state index in [4.69, 9.17) is 4.74 Å². The highest BCUT2D eigenvalue weighted by Crippen LogP contribution is 2.24. The molecule has 0 aliphatic heterocycles. The average molecular weight is 358 g/mol. The number of aromatic nitrogens is 3. The number of thiazole rings is 1. The summed E-state index contributed by atoms with van der Waals surface area (Å²) in [7, 11) is 0. The summed E-state index contributed by atoms with van der Waals surface area (Å²) in [5.41, 5.74) is 1.87. The van der Waals surface area contributed by atoms with Crippen molar-refractivity contribution in [2.75, 3.05) is 11.9 Å². The highest BCUT2D eigenvalue weighted by Gasteiger charge is 2.18. The minimum Gasteiger partial charge on any atom is -0.462 e. The van der Waals surface area contributed by atoms with Crippen molar-refractivity contribution in [1.82, 2.24) is 14.6 Å². The van der Waals surface area contributed by atoms with Crippen molar-refractivity contribution in [2.24, 2.45) is 0 Å². The maximum Gasteiger partial charge on any atom is 0.338 e. The number of anilines is 1. The molecule has 0 spiro atoms. The molecule has 0 saturated heterocycles. The molecule has 1 N–H and O–H groups in total. The van der Waals surface area contributed by atoms with E-state index in [9.17, 15) is 9.59 Å². The molecule has 8 heteroatoms. The van der Waals surface area contributed by atoms with Crippen LogP contribution in [-0.4, -0.2) is 33.1 Å². The number of carbonyl (C=O) groups excluding carboxylic acids is 2. The second-order valence-corrected chi connectivity index (χ2v) is 6.53. The number of nitrogens with zero attached hydrogens (tertiary/aromatic N) is 3. The molecule has 1 amide bonds. The third-order valence-corrected chi connectivity index (χ3v) is 4.81. The molecular weight excluding hydrogens is 340 g/mol. The number of fused-ring (bicyclic) bond motifs is 1. The Hall–Kier alpha value is -2.74. The first kappa shape index (κ1) is 17.1. The van der Waals surface area contributed by atoms with Crippen LogP contribution in [0, 0.1) is 13.8 Å². The first-order valence-electron chi connectivity index (χ1n) is 7.91. The van der Waals surface area contributed by atoms with Crippen LogP contribution < -0.4 is 5.32 Å². The average Bonchev–Trinajstić information content (AvgIpc) is 3.14. The Morgan fingerprint density at radius 1 is 1.20 bits per heavy atom. The van der Waals surface area contributed by atoms with E-state index in [2.05, 4.69) is 15.5 Å². The number of carbonyl (C=O) groups is 2. The molecule has 3 aromatic rings. The van der Waals surface area contributed by atoms with Crippen molar-refractivity contribution < 1.29 is 14.3 Å². The van der Waals surface area contributed by atoms with Gasteiger partial charge in [-0.05, 0) is 44.5 Å². The fourth-order valence-corrected chi connectivity index (χ4v) is 3.44. The molecule has 130 valence electrons. The highest BCUT2D eigenvalue weighted by atomic mass is 32.1. The van der Waals surface area contributed by atoms with Crippen LogP contribution in [0.5, 0.6) is 0 Å². The molecule has 7 nitrogen and oxygen atoms in total. The Balaban J connectivity index is 1.74. The van der Waals surface area contributed by atoms with Gasteiger partial charge in [-0.3, -0.25) is 9.20 Å². The van der Waals surface area contributed by atoms with Gasteiger partial charge in [-0.25, -0.2) is 4.79 Å². The standard InChI is InChI=1S/C17H18N4O3S/c1-4-9-24-16(23)12-5-7-13(8-6-12)18-15(22)14-10(2)21-11(3)19-20-17(21)25-14/h5-8H,4,9H2,1-3H3,(H,18,22). The van der Waals surface area contributed by atoms with E-state index < -0.39 is 0 Å². The minimum absolute atomic E-state index is 0.214. The molecular formula is C17H18N4O3S. The summed E-state index contributed by atoms with van der Waals surface area (Å²) in [5.74, 6) is 0.171. The van der Waals surface area contributed by atoms with Gasteiger partial charge in [-0.1, -0.05) is 18.3 Å². The van der Waals surface area contributed by atoms with Gasteiger partial charge < -0.3 is 10.1 Å². The first-order chi connectivity index (χ1) is 12.0. The SMILES string of the molecule is CCCOC(=O)c1ccc(NC(=O)c2sc3nnc(C)n3c2C)cc1. The topological polar surface area (TPSA) is 85.6 Å². The van der Waals surface area contributed by atoms with Gasteiger partial charge >= 0.3 is 5.97 Å². The molecule has 3 rings (SSSR count). The fraction of sp³-hybridized carbons (Fsp3) is 0.294. The van der Waals surface area contributed by atoms with Crippen molar-refractivity contribution in [1.29, 1.82) is 0 Å². The van der Waals surface area contributed by atoms with Crippen molar-refractivity contribution in [2.45, 2.75) is 27.2 Å².